The van der Waals surface area contributed by atoms with Gasteiger partial charge in [-0.2, -0.15) is 5.10 Å². The molecule has 1 aromatic carbocycles. The van der Waals surface area contributed by atoms with E-state index in [0.29, 0.717) is 18.7 Å². The van der Waals surface area contributed by atoms with Crippen LogP contribution in [0.15, 0.2) is 42.7 Å². The zero-order valence-electron chi connectivity index (χ0n) is 11.9. The van der Waals surface area contributed by atoms with E-state index in [-0.39, 0.29) is 12.5 Å². The lowest BCUT2D eigenvalue weighted by atomic mass is 10.1. The summed E-state index contributed by atoms with van der Waals surface area (Å²) >= 11 is 0. The number of rotatable bonds is 4. The molecule has 0 saturated carbocycles. The quantitative estimate of drug-likeness (QED) is 0.893. The van der Waals surface area contributed by atoms with E-state index in [4.69, 9.17) is 4.74 Å². The van der Waals surface area contributed by atoms with Crippen molar-refractivity contribution in [2.45, 2.75) is 19.0 Å². The van der Waals surface area contributed by atoms with Gasteiger partial charge in [-0.1, -0.05) is 12.1 Å². The number of amides is 2. The number of aromatic nitrogens is 2. The number of cyclic esters (lactones) is 1. The van der Waals surface area contributed by atoms with Crippen molar-refractivity contribution in [1.82, 2.24) is 15.1 Å². The lowest BCUT2D eigenvalue weighted by molar-refractivity contribution is -0.119. The Morgan fingerprint density at radius 2 is 2.23 bits per heavy atom. The SMILES string of the molecule is O=C1N[C@H](C(=O)Nc2ccc(Cn3cccn3)cc2)CCO1. The van der Waals surface area contributed by atoms with Gasteiger partial charge < -0.3 is 15.4 Å². The predicted octanol–water partition coefficient (Wildman–Crippen LogP) is 1.37. The van der Waals surface area contributed by atoms with Crippen LogP contribution in [-0.4, -0.2) is 34.4 Å². The second-order valence-corrected chi connectivity index (χ2v) is 5.01. The van der Waals surface area contributed by atoms with E-state index in [1.165, 1.54) is 0 Å². The highest BCUT2D eigenvalue weighted by Gasteiger charge is 2.25. The van der Waals surface area contributed by atoms with Gasteiger partial charge in [0.2, 0.25) is 5.91 Å². The van der Waals surface area contributed by atoms with Crippen molar-refractivity contribution in [2.24, 2.45) is 0 Å². The molecule has 7 nitrogen and oxygen atoms in total. The van der Waals surface area contributed by atoms with Crippen LogP contribution in [0.4, 0.5) is 10.5 Å². The van der Waals surface area contributed by atoms with E-state index >= 15 is 0 Å². The Labute approximate surface area is 127 Å². The number of ether oxygens (including phenoxy) is 1. The largest absolute Gasteiger partial charge is 0.449 e. The number of carbonyl (C=O) groups is 2. The molecule has 22 heavy (non-hydrogen) atoms. The second-order valence-electron chi connectivity index (χ2n) is 5.01. The van der Waals surface area contributed by atoms with Crippen LogP contribution in [0.1, 0.15) is 12.0 Å². The fourth-order valence-corrected chi connectivity index (χ4v) is 2.23. The first-order valence-corrected chi connectivity index (χ1v) is 7.01. The third-order valence-corrected chi connectivity index (χ3v) is 3.37. The van der Waals surface area contributed by atoms with Gasteiger partial charge >= 0.3 is 6.09 Å². The lowest BCUT2D eigenvalue weighted by Gasteiger charge is -2.22. The molecule has 1 aliphatic heterocycles. The first-order valence-electron chi connectivity index (χ1n) is 7.01. The molecule has 2 N–H and O–H groups in total. The van der Waals surface area contributed by atoms with Gasteiger partial charge in [-0.3, -0.25) is 9.48 Å². The summed E-state index contributed by atoms with van der Waals surface area (Å²) in [5.74, 6) is -0.239. The van der Waals surface area contributed by atoms with Gasteiger partial charge in [0, 0.05) is 24.5 Å². The number of nitrogens with zero attached hydrogens (tertiary/aromatic N) is 2. The van der Waals surface area contributed by atoms with Crippen LogP contribution in [0, 0.1) is 0 Å². The lowest BCUT2D eigenvalue weighted by Crippen LogP contribution is -2.48. The fourth-order valence-electron chi connectivity index (χ4n) is 2.23. The summed E-state index contributed by atoms with van der Waals surface area (Å²) in [4.78, 5) is 23.2. The van der Waals surface area contributed by atoms with Crippen LogP contribution in [0.5, 0.6) is 0 Å². The topological polar surface area (TPSA) is 85.3 Å². The van der Waals surface area contributed by atoms with Crippen LogP contribution in [-0.2, 0) is 16.1 Å². The molecule has 0 aliphatic carbocycles. The van der Waals surface area contributed by atoms with Gasteiger partial charge in [0.15, 0.2) is 0 Å². The van der Waals surface area contributed by atoms with Gasteiger partial charge in [-0.15, -0.1) is 0 Å². The highest BCUT2D eigenvalue weighted by molar-refractivity contribution is 5.96. The van der Waals surface area contributed by atoms with Crippen molar-refractivity contribution in [3.05, 3.63) is 48.3 Å². The maximum atomic E-state index is 12.1. The summed E-state index contributed by atoms with van der Waals surface area (Å²) in [5.41, 5.74) is 1.77. The maximum Gasteiger partial charge on any atom is 0.407 e. The van der Waals surface area contributed by atoms with E-state index in [0.717, 1.165) is 5.56 Å². The van der Waals surface area contributed by atoms with Gasteiger partial charge in [0.25, 0.3) is 0 Å². The van der Waals surface area contributed by atoms with Crippen molar-refractivity contribution in [3.63, 3.8) is 0 Å². The third-order valence-electron chi connectivity index (χ3n) is 3.37. The van der Waals surface area contributed by atoms with Crippen LogP contribution in [0.25, 0.3) is 0 Å². The molecule has 2 amide bonds. The number of alkyl carbamates (subject to hydrolysis) is 1. The molecular formula is C15H16N4O3. The summed E-state index contributed by atoms with van der Waals surface area (Å²) in [5, 5.41) is 9.42. The van der Waals surface area contributed by atoms with E-state index < -0.39 is 12.1 Å². The molecule has 3 rings (SSSR count). The minimum Gasteiger partial charge on any atom is -0.449 e. The molecule has 1 aromatic heterocycles. The monoisotopic (exact) mass is 300 g/mol. The highest BCUT2D eigenvalue weighted by Crippen LogP contribution is 2.12. The third kappa shape index (κ3) is 3.43. The fraction of sp³-hybridized carbons (Fsp3) is 0.267. The average Bonchev–Trinajstić information content (AvgIpc) is 3.02. The standard InChI is InChI=1S/C15H16N4O3/c20-14(13-6-9-22-15(21)18-13)17-12-4-2-11(3-5-12)10-19-8-1-7-16-19/h1-5,7-8,13H,6,9-10H2,(H,17,20)(H,18,21)/t13-/m0/s1. The Bertz CT molecular complexity index is 652. The molecule has 7 heteroatoms. The van der Waals surface area contributed by atoms with Crippen LogP contribution in [0.3, 0.4) is 0 Å². The number of nitrogens with one attached hydrogen (secondary N) is 2. The smallest absolute Gasteiger partial charge is 0.407 e. The highest BCUT2D eigenvalue weighted by atomic mass is 16.6. The normalized spacial score (nSPS) is 17.5. The molecule has 0 bridgehead atoms. The van der Waals surface area contributed by atoms with Gasteiger partial charge in [-0.25, -0.2) is 4.79 Å². The molecule has 2 heterocycles. The molecule has 0 spiro atoms. The minimum absolute atomic E-state index is 0.239. The Kier molecular flexibility index (Phi) is 4.04. The molecule has 2 aromatic rings. The Balaban J connectivity index is 1.58. The number of carbonyl (C=O) groups excluding carboxylic acids is 2. The second kappa shape index (κ2) is 6.30. The molecule has 1 fully saturated rings. The van der Waals surface area contributed by atoms with E-state index in [2.05, 4.69) is 15.7 Å². The molecule has 1 aliphatic rings. The minimum atomic E-state index is -0.555. The first-order chi connectivity index (χ1) is 10.7. The Hall–Kier alpha value is -2.83. The van der Waals surface area contributed by atoms with Crippen LogP contribution in [0.2, 0.25) is 0 Å². The summed E-state index contributed by atoms with van der Waals surface area (Å²) < 4.78 is 6.56. The number of hydrogen-bond donors (Lipinski definition) is 2. The predicted molar refractivity (Wildman–Crippen MR) is 79.3 cm³/mol. The van der Waals surface area contributed by atoms with E-state index in [1.807, 2.05) is 41.2 Å². The van der Waals surface area contributed by atoms with Crippen molar-refractivity contribution in [3.8, 4) is 0 Å². The molecule has 1 saturated heterocycles. The summed E-state index contributed by atoms with van der Waals surface area (Å²) in [6.45, 7) is 0.934. The van der Waals surface area contributed by atoms with Gasteiger partial charge in [-0.05, 0) is 23.8 Å². The number of benzene rings is 1. The van der Waals surface area contributed by atoms with Gasteiger partial charge in [0.1, 0.15) is 6.04 Å². The van der Waals surface area contributed by atoms with E-state index in [9.17, 15) is 9.59 Å². The van der Waals surface area contributed by atoms with Crippen molar-refractivity contribution in [2.75, 3.05) is 11.9 Å². The Morgan fingerprint density at radius 3 is 2.91 bits per heavy atom. The number of hydrogen-bond acceptors (Lipinski definition) is 4. The zero-order chi connectivity index (χ0) is 15.4. The first kappa shape index (κ1) is 14.1. The molecule has 0 radical (unpaired) electrons. The van der Waals surface area contributed by atoms with Crippen molar-refractivity contribution >= 4 is 17.7 Å². The van der Waals surface area contributed by atoms with Crippen LogP contribution >= 0.6 is 0 Å². The molecule has 1 atom stereocenters. The van der Waals surface area contributed by atoms with Gasteiger partial charge in [0.05, 0.1) is 13.2 Å². The maximum absolute atomic E-state index is 12.1. The summed E-state index contributed by atoms with van der Waals surface area (Å²) in [6.07, 6.45) is 3.54. The molecular weight excluding hydrogens is 284 g/mol. The van der Waals surface area contributed by atoms with E-state index in [1.54, 1.807) is 6.20 Å². The Morgan fingerprint density at radius 1 is 1.41 bits per heavy atom. The molecule has 0 unspecified atom stereocenters. The van der Waals surface area contributed by atoms with Crippen molar-refractivity contribution in [1.29, 1.82) is 0 Å². The number of anilines is 1. The van der Waals surface area contributed by atoms with Crippen LogP contribution < -0.4 is 10.6 Å². The summed E-state index contributed by atoms with van der Waals surface area (Å²) in [6, 6.07) is 8.84. The van der Waals surface area contributed by atoms with Crippen molar-refractivity contribution < 1.29 is 14.3 Å². The zero-order valence-corrected chi connectivity index (χ0v) is 11.9. The summed E-state index contributed by atoms with van der Waals surface area (Å²) in [7, 11) is 0. The average molecular weight is 300 g/mol. The molecule has 114 valence electrons.